The zero-order valence-electron chi connectivity index (χ0n) is 15.5. The standard InChI is InChI=1S/C19H25ClN4O2/c1-19(2,3)18-21-16(26-22-18)13-23-8-5-9-24(11-10-23)17(25)14-6-4-7-15(20)12-14/h4,6-7,12H,5,8-11,13H2,1-3H3. The van der Waals surface area contributed by atoms with E-state index in [1.807, 2.05) is 17.0 Å². The highest BCUT2D eigenvalue weighted by molar-refractivity contribution is 6.30. The average Bonchev–Trinajstić information content (AvgIpc) is 2.94. The van der Waals surface area contributed by atoms with Crippen LogP contribution in [-0.2, 0) is 12.0 Å². The first-order chi connectivity index (χ1) is 12.3. The molecule has 0 radical (unpaired) electrons. The van der Waals surface area contributed by atoms with Crippen molar-refractivity contribution in [3.8, 4) is 0 Å². The van der Waals surface area contributed by atoms with Crippen molar-refractivity contribution in [2.75, 3.05) is 26.2 Å². The number of amides is 1. The number of carbonyl (C=O) groups excluding carboxylic acids is 1. The number of benzene rings is 1. The van der Waals surface area contributed by atoms with Crippen LogP contribution in [0.25, 0.3) is 0 Å². The van der Waals surface area contributed by atoms with Gasteiger partial charge >= 0.3 is 0 Å². The molecule has 26 heavy (non-hydrogen) atoms. The smallest absolute Gasteiger partial charge is 0.253 e. The quantitative estimate of drug-likeness (QED) is 0.821. The van der Waals surface area contributed by atoms with E-state index in [-0.39, 0.29) is 11.3 Å². The van der Waals surface area contributed by atoms with E-state index in [0.29, 0.717) is 29.6 Å². The molecule has 0 bridgehead atoms. The number of rotatable bonds is 3. The van der Waals surface area contributed by atoms with Gasteiger partial charge in [0, 0.05) is 42.2 Å². The Kier molecular flexibility index (Phi) is 5.63. The lowest BCUT2D eigenvalue weighted by atomic mass is 9.96. The normalized spacial score (nSPS) is 16.5. The van der Waals surface area contributed by atoms with Crippen molar-refractivity contribution in [3.05, 3.63) is 46.6 Å². The highest BCUT2D eigenvalue weighted by Crippen LogP contribution is 2.19. The molecule has 2 aromatic rings. The molecule has 1 amide bonds. The van der Waals surface area contributed by atoms with E-state index in [2.05, 4.69) is 35.8 Å². The average molecular weight is 377 g/mol. The first kappa shape index (κ1) is 18.9. The summed E-state index contributed by atoms with van der Waals surface area (Å²) in [5.41, 5.74) is 0.512. The maximum absolute atomic E-state index is 12.7. The third kappa shape index (κ3) is 4.62. The molecule has 1 fully saturated rings. The van der Waals surface area contributed by atoms with Crippen molar-refractivity contribution in [1.29, 1.82) is 0 Å². The van der Waals surface area contributed by atoms with Gasteiger partial charge in [0.05, 0.1) is 6.54 Å². The van der Waals surface area contributed by atoms with Crippen molar-refractivity contribution >= 4 is 17.5 Å². The summed E-state index contributed by atoms with van der Waals surface area (Å²) in [4.78, 5) is 21.3. The monoisotopic (exact) mass is 376 g/mol. The Hall–Kier alpha value is -1.92. The molecule has 6 nitrogen and oxygen atoms in total. The van der Waals surface area contributed by atoms with Crippen LogP contribution in [0.4, 0.5) is 0 Å². The van der Waals surface area contributed by atoms with Gasteiger partial charge in [0.25, 0.3) is 5.91 Å². The van der Waals surface area contributed by atoms with Crippen molar-refractivity contribution in [2.24, 2.45) is 0 Å². The van der Waals surface area contributed by atoms with Crippen LogP contribution in [0.3, 0.4) is 0 Å². The van der Waals surface area contributed by atoms with Gasteiger partial charge in [-0.2, -0.15) is 4.98 Å². The molecule has 7 heteroatoms. The Morgan fingerprint density at radius 1 is 1.23 bits per heavy atom. The van der Waals surface area contributed by atoms with E-state index >= 15 is 0 Å². The van der Waals surface area contributed by atoms with Gasteiger partial charge < -0.3 is 9.42 Å². The van der Waals surface area contributed by atoms with Crippen LogP contribution in [0.15, 0.2) is 28.8 Å². The third-order valence-electron chi connectivity index (χ3n) is 4.45. The lowest BCUT2D eigenvalue weighted by Crippen LogP contribution is -2.35. The minimum atomic E-state index is -0.124. The molecule has 1 aromatic heterocycles. The zero-order chi connectivity index (χ0) is 18.7. The predicted octanol–water partition coefficient (Wildman–Crippen LogP) is 3.37. The number of aromatic nitrogens is 2. The van der Waals surface area contributed by atoms with E-state index in [4.69, 9.17) is 16.1 Å². The van der Waals surface area contributed by atoms with Crippen LogP contribution in [0.5, 0.6) is 0 Å². The van der Waals surface area contributed by atoms with Crippen LogP contribution in [0.1, 0.15) is 49.3 Å². The molecular formula is C19H25ClN4O2. The summed E-state index contributed by atoms with van der Waals surface area (Å²) in [6.07, 6.45) is 0.909. The summed E-state index contributed by atoms with van der Waals surface area (Å²) in [6, 6.07) is 7.11. The molecule has 1 aliphatic heterocycles. The van der Waals surface area contributed by atoms with E-state index in [1.54, 1.807) is 12.1 Å². The molecule has 0 N–H and O–H groups in total. The van der Waals surface area contributed by atoms with Crippen molar-refractivity contribution in [1.82, 2.24) is 19.9 Å². The van der Waals surface area contributed by atoms with E-state index in [0.717, 1.165) is 31.9 Å². The van der Waals surface area contributed by atoms with Crippen LogP contribution < -0.4 is 0 Å². The molecule has 0 aliphatic carbocycles. The fraction of sp³-hybridized carbons (Fsp3) is 0.526. The maximum Gasteiger partial charge on any atom is 0.253 e. The van der Waals surface area contributed by atoms with Crippen LogP contribution in [-0.4, -0.2) is 52.0 Å². The zero-order valence-corrected chi connectivity index (χ0v) is 16.3. The summed E-state index contributed by atoms with van der Waals surface area (Å²) in [6.45, 7) is 9.88. The molecule has 140 valence electrons. The second-order valence-electron chi connectivity index (χ2n) is 7.69. The summed E-state index contributed by atoms with van der Waals surface area (Å²) in [5.74, 6) is 1.38. The summed E-state index contributed by atoms with van der Waals surface area (Å²) < 4.78 is 5.39. The Labute approximate surface area is 159 Å². The van der Waals surface area contributed by atoms with Gasteiger partial charge in [-0.25, -0.2) is 0 Å². The van der Waals surface area contributed by atoms with Gasteiger partial charge in [-0.05, 0) is 24.6 Å². The minimum absolute atomic E-state index is 0.0298. The third-order valence-corrected chi connectivity index (χ3v) is 4.68. The molecule has 0 saturated carbocycles. The second-order valence-corrected chi connectivity index (χ2v) is 8.13. The Bertz CT molecular complexity index is 769. The number of nitrogens with zero attached hydrogens (tertiary/aromatic N) is 4. The first-order valence-corrected chi connectivity index (χ1v) is 9.31. The highest BCUT2D eigenvalue weighted by atomic mass is 35.5. The van der Waals surface area contributed by atoms with Crippen molar-refractivity contribution < 1.29 is 9.32 Å². The first-order valence-electron chi connectivity index (χ1n) is 8.93. The SMILES string of the molecule is CC(C)(C)c1noc(CN2CCCN(C(=O)c3cccc(Cl)c3)CC2)n1. The fourth-order valence-electron chi connectivity index (χ4n) is 2.95. The number of halogens is 1. The van der Waals surface area contributed by atoms with Gasteiger partial charge in [0.15, 0.2) is 5.82 Å². The largest absolute Gasteiger partial charge is 0.338 e. The molecule has 2 heterocycles. The van der Waals surface area contributed by atoms with E-state index in [1.165, 1.54) is 0 Å². The Morgan fingerprint density at radius 3 is 2.73 bits per heavy atom. The minimum Gasteiger partial charge on any atom is -0.338 e. The van der Waals surface area contributed by atoms with Gasteiger partial charge in [0.2, 0.25) is 5.89 Å². The predicted molar refractivity (Wildman–Crippen MR) is 100 cm³/mol. The summed E-state index contributed by atoms with van der Waals surface area (Å²) >= 11 is 6.01. The van der Waals surface area contributed by atoms with Gasteiger partial charge in [-0.3, -0.25) is 9.69 Å². The summed E-state index contributed by atoms with van der Waals surface area (Å²) in [5, 5.41) is 4.66. The topological polar surface area (TPSA) is 62.5 Å². The van der Waals surface area contributed by atoms with E-state index < -0.39 is 0 Å². The Morgan fingerprint density at radius 2 is 2.04 bits per heavy atom. The van der Waals surface area contributed by atoms with Gasteiger partial charge in [0.1, 0.15) is 0 Å². The maximum atomic E-state index is 12.7. The van der Waals surface area contributed by atoms with Crippen LogP contribution >= 0.6 is 11.6 Å². The van der Waals surface area contributed by atoms with E-state index in [9.17, 15) is 4.79 Å². The molecule has 0 atom stereocenters. The van der Waals surface area contributed by atoms with Crippen LogP contribution in [0.2, 0.25) is 5.02 Å². The van der Waals surface area contributed by atoms with Crippen molar-refractivity contribution in [3.63, 3.8) is 0 Å². The second kappa shape index (κ2) is 7.76. The molecule has 1 aromatic carbocycles. The number of hydrogen-bond acceptors (Lipinski definition) is 5. The molecule has 1 aliphatic rings. The van der Waals surface area contributed by atoms with Gasteiger partial charge in [-0.1, -0.05) is 43.6 Å². The number of hydrogen-bond donors (Lipinski definition) is 0. The molecule has 1 saturated heterocycles. The van der Waals surface area contributed by atoms with Crippen LogP contribution in [0, 0.1) is 0 Å². The molecule has 0 spiro atoms. The van der Waals surface area contributed by atoms with Gasteiger partial charge in [-0.15, -0.1) is 0 Å². The Balaban J connectivity index is 1.60. The van der Waals surface area contributed by atoms with Crippen molar-refractivity contribution in [2.45, 2.75) is 39.2 Å². The lowest BCUT2D eigenvalue weighted by molar-refractivity contribution is 0.0760. The highest BCUT2D eigenvalue weighted by Gasteiger charge is 2.24. The number of carbonyl (C=O) groups is 1. The fourth-order valence-corrected chi connectivity index (χ4v) is 3.14. The lowest BCUT2D eigenvalue weighted by Gasteiger charge is -2.21. The molecule has 3 rings (SSSR count). The molecule has 0 unspecified atom stereocenters. The summed E-state index contributed by atoms with van der Waals surface area (Å²) in [7, 11) is 0. The molecular weight excluding hydrogens is 352 g/mol.